The van der Waals surface area contributed by atoms with E-state index in [1.807, 2.05) is 41.8 Å². The molecule has 0 aliphatic carbocycles. The second kappa shape index (κ2) is 15.8. The SMILES string of the molecule is C=O.CNCCC(F)(F)CCc1cnc2c(ccn2-c2cccc(C)c2)c1.CS(=O)(=O)NCCNC=O. The molecule has 1 aromatic carbocycles. The first kappa shape index (κ1) is 31.8. The number of alkyl halides is 2. The molecule has 0 fully saturated rings. The minimum absolute atomic E-state index is 0.136. The van der Waals surface area contributed by atoms with Crippen LogP contribution in [0.2, 0.25) is 0 Å². The predicted molar refractivity (Wildman–Crippen MR) is 142 cm³/mol. The highest BCUT2D eigenvalue weighted by atomic mass is 32.2. The average Bonchev–Trinajstić information content (AvgIpc) is 3.29. The van der Waals surface area contributed by atoms with Crippen LogP contribution in [-0.2, 0) is 26.0 Å². The summed E-state index contributed by atoms with van der Waals surface area (Å²) in [6.45, 7) is 4.92. The molecule has 2 aromatic heterocycles. The fourth-order valence-electron chi connectivity index (χ4n) is 3.32. The van der Waals surface area contributed by atoms with Crippen molar-refractivity contribution in [2.24, 2.45) is 0 Å². The number of benzene rings is 1. The van der Waals surface area contributed by atoms with Gasteiger partial charge >= 0.3 is 0 Å². The molecule has 3 N–H and O–H groups in total. The number of hydrogen-bond donors (Lipinski definition) is 3. The zero-order chi connectivity index (χ0) is 27.9. The number of rotatable bonds is 12. The topological polar surface area (TPSA) is 122 Å². The molecule has 3 aromatic rings. The minimum atomic E-state index is -3.11. The minimum Gasteiger partial charge on any atom is -0.357 e. The maximum atomic E-state index is 13.8. The molecule has 0 radical (unpaired) electrons. The Kier molecular flexibility index (Phi) is 13.6. The summed E-state index contributed by atoms with van der Waals surface area (Å²) >= 11 is 0. The molecule has 0 saturated carbocycles. The average molecular weight is 540 g/mol. The van der Waals surface area contributed by atoms with Crippen molar-refractivity contribution in [1.29, 1.82) is 0 Å². The van der Waals surface area contributed by atoms with Gasteiger partial charge < -0.3 is 20.0 Å². The van der Waals surface area contributed by atoms with Crippen LogP contribution in [0.3, 0.4) is 0 Å². The van der Waals surface area contributed by atoms with Crippen LogP contribution in [0.4, 0.5) is 8.78 Å². The number of carbonyl (C=O) groups is 2. The van der Waals surface area contributed by atoms with Crippen molar-refractivity contribution in [2.45, 2.75) is 32.1 Å². The fraction of sp³-hybridized carbons (Fsp3) is 0.400. The maximum absolute atomic E-state index is 13.8. The third kappa shape index (κ3) is 12.0. The third-order valence-electron chi connectivity index (χ3n) is 5.10. The highest BCUT2D eigenvalue weighted by molar-refractivity contribution is 7.88. The van der Waals surface area contributed by atoms with Crippen molar-refractivity contribution < 1.29 is 26.8 Å². The zero-order valence-electron chi connectivity index (χ0n) is 21.3. The second-order valence-corrected chi connectivity index (χ2v) is 10.1. The first-order valence-corrected chi connectivity index (χ1v) is 13.4. The smallest absolute Gasteiger partial charge is 0.249 e. The van der Waals surface area contributed by atoms with E-state index in [2.05, 4.69) is 39.4 Å². The third-order valence-corrected chi connectivity index (χ3v) is 5.83. The van der Waals surface area contributed by atoms with Gasteiger partial charge in [0, 0.05) is 55.9 Å². The highest BCUT2D eigenvalue weighted by Gasteiger charge is 2.27. The van der Waals surface area contributed by atoms with E-state index >= 15 is 0 Å². The molecule has 0 bridgehead atoms. The molecule has 0 atom stereocenters. The van der Waals surface area contributed by atoms with Crippen molar-refractivity contribution in [3.63, 3.8) is 0 Å². The van der Waals surface area contributed by atoms with Crippen molar-refractivity contribution in [3.8, 4) is 5.69 Å². The summed E-state index contributed by atoms with van der Waals surface area (Å²) in [7, 11) is -1.42. The van der Waals surface area contributed by atoms with Crippen molar-refractivity contribution in [2.75, 3.05) is 32.9 Å². The van der Waals surface area contributed by atoms with Gasteiger partial charge in [-0.15, -0.1) is 0 Å². The lowest BCUT2D eigenvalue weighted by Crippen LogP contribution is -2.30. The summed E-state index contributed by atoms with van der Waals surface area (Å²) in [6.07, 6.45) is 5.30. The summed E-state index contributed by atoms with van der Waals surface area (Å²) in [5.41, 5.74) is 3.92. The molecule has 0 unspecified atom stereocenters. The Balaban J connectivity index is 0.000000483. The molecule has 12 heteroatoms. The van der Waals surface area contributed by atoms with Crippen LogP contribution in [0.1, 0.15) is 24.0 Å². The first-order chi connectivity index (χ1) is 17.5. The standard InChI is InChI=1S/C20H23F2N3.C4H10N2O3S.CH2O/c1-15-4-3-5-18(12-15)25-11-7-17-13-16(14-24-19(17)25)6-8-20(21,22)9-10-23-2;1-10(8,9)6-3-2-5-4-7;1-2/h3-5,7,11-14,23H,6,8-10H2,1-2H3;4,6H,2-3H2,1H3,(H,5,7);1H2. The fourth-order valence-corrected chi connectivity index (χ4v) is 3.79. The molecule has 9 nitrogen and oxygen atoms in total. The number of amides is 1. The van der Waals surface area contributed by atoms with Gasteiger partial charge in [0.15, 0.2) is 0 Å². The lowest BCUT2D eigenvalue weighted by molar-refractivity contribution is -0.109. The number of nitrogens with zero attached hydrogens (tertiary/aromatic N) is 2. The van der Waals surface area contributed by atoms with E-state index < -0.39 is 15.9 Å². The Labute approximate surface area is 216 Å². The molecule has 1 amide bonds. The molecular formula is C25H35F2N5O4S. The van der Waals surface area contributed by atoms with Crippen LogP contribution in [-0.4, -0.2) is 70.0 Å². The van der Waals surface area contributed by atoms with E-state index in [9.17, 15) is 22.0 Å². The quantitative estimate of drug-likeness (QED) is 0.240. The Morgan fingerprint density at radius 3 is 2.46 bits per heavy atom. The highest BCUT2D eigenvalue weighted by Crippen LogP contribution is 2.26. The molecule has 0 spiro atoms. The van der Waals surface area contributed by atoms with Gasteiger partial charge in [-0.2, -0.15) is 0 Å². The van der Waals surface area contributed by atoms with Gasteiger partial charge in [-0.1, -0.05) is 12.1 Å². The van der Waals surface area contributed by atoms with Crippen LogP contribution >= 0.6 is 0 Å². The molecule has 0 aliphatic heterocycles. The summed E-state index contributed by atoms with van der Waals surface area (Å²) in [5, 5.41) is 6.06. The van der Waals surface area contributed by atoms with E-state index in [4.69, 9.17) is 4.79 Å². The van der Waals surface area contributed by atoms with E-state index in [1.165, 1.54) is 5.56 Å². The number of aromatic nitrogens is 2. The zero-order valence-corrected chi connectivity index (χ0v) is 22.2. The normalized spacial score (nSPS) is 11.2. The van der Waals surface area contributed by atoms with E-state index in [-0.39, 0.29) is 19.4 Å². The van der Waals surface area contributed by atoms with Crippen LogP contribution < -0.4 is 15.4 Å². The van der Waals surface area contributed by atoms with Crippen LogP contribution in [0.25, 0.3) is 16.7 Å². The van der Waals surface area contributed by atoms with Gasteiger partial charge in [-0.05, 0) is 55.8 Å². The number of hydrogen-bond acceptors (Lipinski definition) is 6. The van der Waals surface area contributed by atoms with Crippen LogP contribution in [0.5, 0.6) is 0 Å². The molecule has 0 saturated heterocycles. The van der Waals surface area contributed by atoms with Crippen LogP contribution in [0.15, 0.2) is 48.8 Å². The maximum Gasteiger partial charge on any atom is 0.249 e. The van der Waals surface area contributed by atoms with E-state index in [0.717, 1.165) is 28.5 Å². The lowest BCUT2D eigenvalue weighted by Gasteiger charge is -2.15. The molecular weight excluding hydrogens is 504 g/mol. The number of fused-ring (bicyclic) bond motifs is 1. The van der Waals surface area contributed by atoms with Gasteiger partial charge in [0.05, 0.1) is 6.26 Å². The van der Waals surface area contributed by atoms with Crippen molar-refractivity contribution in [3.05, 3.63) is 59.9 Å². The van der Waals surface area contributed by atoms with Crippen LogP contribution in [0, 0.1) is 6.92 Å². The van der Waals surface area contributed by atoms with Gasteiger partial charge in [-0.3, -0.25) is 4.79 Å². The number of halogens is 2. The Morgan fingerprint density at radius 1 is 1.11 bits per heavy atom. The molecule has 0 aliphatic rings. The van der Waals surface area contributed by atoms with Gasteiger partial charge in [0.1, 0.15) is 12.4 Å². The van der Waals surface area contributed by atoms with E-state index in [0.29, 0.717) is 25.9 Å². The monoisotopic (exact) mass is 539 g/mol. The Bertz CT molecular complexity index is 1220. The Hall–Kier alpha value is -3.22. The second-order valence-electron chi connectivity index (χ2n) is 8.23. The molecule has 3 rings (SSSR count). The first-order valence-electron chi connectivity index (χ1n) is 11.5. The van der Waals surface area contributed by atoms with E-state index in [1.54, 1.807) is 13.2 Å². The number of sulfonamides is 1. The number of aryl methyl sites for hydroxylation is 2. The summed E-state index contributed by atoms with van der Waals surface area (Å²) in [6, 6.07) is 12.1. The largest absolute Gasteiger partial charge is 0.357 e. The van der Waals surface area contributed by atoms with Crippen molar-refractivity contribution >= 4 is 34.3 Å². The predicted octanol–water partition coefficient (Wildman–Crippen LogP) is 2.61. The van der Waals surface area contributed by atoms with Crippen molar-refractivity contribution in [1.82, 2.24) is 24.9 Å². The number of carbonyl (C=O) groups excluding carboxylic acids is 2. The van der Waals surface area contributed by atoms with Gasteiger partial charge in [0.2, 0.25) is 22.4 Å². The summed E-state index contributed by atoms with van der Waals surface area (Å²) < 4.78 is 52.6. The molecule has 37 heavy (non-hydrogen) atoms. The summed E-state index contributed by atoms with van der Waals surface area (Å²) in [4.78, 5) is 22.2. The summed E-state index contributed by atoms with van der Waals surface area (Å²) in [5.74, 6) is -2.65. The van der Waals surface area contributed by atoms with Gasteiger partial charge in [0.25, 0.3) is 0 Å². The lowest BCUT2D eigenvalue weighted by atomic mass is 10.0. The molecule has 204 valence electrons. The Morgan fingerprint density at radius 2 is 1.84 bits per heavy atom. The molecule has 2 heterocycles. The number of pyridine rings is 1. The van der Waals surface area contributed by atoms with Gasteiger partial charge in [-0.25, -0.2) is 26.9 Å². The number of nitrogens with one attached hydrogen (secondary N) is 3.